The lowest BCUT2D eigenvalue weighted by Crippen LogP contribution is -2.30. The Bertz CT molecular complexity index is 571. The molecule has 0 saturated carbocycles. The van der Waals surface area contributed by atoms with Crippen molar-refractivity contribution in [1.82, 2.24) is 5.01 Å². The van der Waals surface area contributed by atoms with Gasteiger partial charge in [0.15, 0.2) is 0 Å². The number of carbonyl (C=O) groups is 2. The summed E-state index contributed by atoms with van der Waals surface area (Å²) in [7, 11) is 1.37. The number of rotatable bonds is 7. The van der Waals surface area contributed by atoms with Gasteiger partial charge in [0, 0.05) is 12.1 Å². The second kappa shape index (κ2) is 8.31. The summed E-state index contributed by atoms with van der Waals surface area (Å²) < 4.78 is 9.89. The average Bonchev–Trinajstić information content (AvgIpc) is 2.91. The Morgan fingerprint density at radius 3 is 2.70 bits per heavy atom. The van der Waals surface area contributed by atoms with Crippen LogP contribution in [-0.2, 0) is 25.7 Å². The molecule has 1 aromatic rings. The minimum Gasteiger partial charge on any atom is -0.469 e. The van der Waals surface area contributed by atoms with Crippen LogP contribution in [0.5, 0.6) is 0 Å². The van der Waals surface area contributed by atoms with Crippen molar-refractivity contribution in [2.24, 2.45) is 5.10 Å². The highest BCUT2D eigenvalue weighted by Gasteiger charge is 2.25. The number of carbonyl (C=O) groups excluding carboxylic acids is 2. The van der Waals surface area contributed by atoms with Gasteiger partial charge in [-0.3, -0.25) is 14.6 Å². The zero-order valence-electron chi connectivity index (χ0n) is 13.5. The normalized spacial score (nSPS) is 16.9. The quantitative estimate of drug-likeness (QED) is 0.721. The van der Waals surface area contributed by atoms with Crippen molar-refractivity contribution in [2.75, 3.05) is 13.7 Å². The lowest BCUT2D eigenvalue weighted by atomic mass is 10.1. The fraction of sp³-hybridized carbons (Fsp3) is 0.471. The zero-order chi connectivity index (χ0) is 16.7. The van der Waals surface area contributed by atoms with E-state index in [2.05, 4.69) is 9.84 Å². The highest BCUT2D eigenvalue weighted by atomic mass is 16.5. The molecule has 0 N–H and O–H groups in total. The van der Waals surface area contributed by atoms with E-state index in [1.54, 1.807) is 5.01 Å². The van der Waals surface area contributed by atoms with Gasteiger partial charge >= 0.3 is 11.9 Å². The van der Waals surface area contributed by atoms with E-state index in [-0.39, 0.29) is 31.1 Å². The SMILES string of the molecule is COC(=O)CCC1=NN(CC(=O)OCc2ccccc2)C(C)C1. The first-order valence-electron chi connectivity index (χ1n) is 7.68. The monoisotopic (exact) mass is 318 g/mol. The molecule has 23 heavy (non-hydrogen) atoms. The van der Waals surface area contributed by atoms with Crippen LogP contribution in [0.2, 0.25) is 0 Å². The van der Waals surface area contributed by atoms with Crippen molar-refractivity contribution in [3.8, 4) is 0 Å². The molecule has 0 bridgehead atoms. The van der Waals surface area contributed by atoms with E-state index in [9.17, 15) is 9.59 Å². The summed E-state index contributed by atoms with van der Waals surface area (Å²) in [6.07, 6.45) is 1.63. The van der Waals surface area contributed by atoms with Crippen LogP contribution in [0.3, 0.4) is 0 Å². The van der Waals surface area contributed by atoms with E-state index < -0.39 is 0 Å². The number of methoxy groups -OCH3 is 1. The topological polar surface area (TPSA) is 68.2 Å². The molecule has 0 radical (unpaired) electrons. The fourth-order valence-electron chi connectivity index (χ4n) is 2.38. The van der Waals surface area contributed by atoms with Crippen molar-refractivity contribution in [2.45, 2.75) is 38.8 Å². The van der Waals surface area contributed by atoms with Gasteiger partial charge in [0.2, 0.25) is 0 Å². The van der Waals surface area contributed by atoms with Crippen molar-refractivity contribution < 1.29 is 19.1 Å². The van der Waals surface area contributed by atoms with Gasteiger partial charge in [-0.05, 0) is 18.9 Å². The number of hydrogen-bond donors (Lipinski definition) is 0. The maximum atomic E-state index is 11.9. The van der Waals surface area contributed by atoms with E-state index >= 15 is 0 Å². The van der Waals surface area contributed by atoms with Crippen LogP contribution in [0.4, 0.5) is 0 Å². The van der Waals surface area contributed by atoms with Gasteiger partial charge in [-0.1, -0.05) is 30.3 Å². The first-order chi connectivity index (χ1) is 11.1. The molecule has 1 heterocycles. The van der Waals surface area contributed by atoms with E-state index in [0.717, 1.165) is 17.7 Å². The van der Waals surface area contributed by atoms with E-state index in [1.807, 2.05) is 37.3 Å². The Kier molecular flexibility index (Phi) is 6.14. The molecule has 1 aromatic carbocycles. The summed E-state index contributed by atoms with van der Waals surface area (Å²) in [6.45, 7) is 2.38. The summed E-state index contributed by atoms with van der Waals surface area (Å²) in [5.41, 5.74) is 1.87. The smallest absolute Gasteiger partial charge is 0.327 e. The van der Waals surface area contributed by atoms with Crippen LogP contribution >= 0.6 is 0 Å². The Labute approximate surface area is 136 Å². The highest BCUT2D eigenvalue weighted by molar-refractivity contribution is 5.89. The van der Waals surface area contributed by atoms with Gasteiger partial charge in [0.25, 0.3) is 0 Å². The summed E-state index contributed by atoms with van der Waals surface area (Å²) in [5.74, 6) is -0.556. The van der Waals surface area contributed by atoms with Crippen molar-refractivity contribution in [3.63, 3.8) is 0 Å². The van der Waals surface area contributed by atoms with Gasteiger partial charge in [-0.15, -0.1) is 0 Å². The van der Waals surface area contributed by atoms with Crippen molar-refractivity contribution >= 4 is 17.7 Å². The molecule has 1 unspecified atom stereocenters. The maximum absolute atomic E-state index is 11.9. The predicted molar refractivity (Wildman–Crippen MR) is 85.7 cm³/mol. The molecular weight excluding hydrogens is 296 g/mol. The number of benzene rings is 1. The predicted octanol–water partition coefficient (Wildman–Crippen LogP) is 2.13. The van der Waals surface area contributed by atoms with Crippen LogP contribution < -0.4 is 0 Å². The average molecular weight is 318 g/mol. The van der Waals surface area contributed by atoms with Gasteiger partial charge in [0.05, 0.1) is 19.6 Å². The summed E-state index contributed by atoms with van der Waals surface area (Å²) in [5, 5.41) is 6.13. The molecule has 1 aliphatic heterocycles. The fourth-order valence-corrected chi connectivity index (χ4v) is 2.38. The Hall–Kier alpha value is -2.37. The zero-order valence-corrected chi connectivity index (χ0v) is 13.5. The lowest BCUT2D eigenvalue weighted by Gasteiger charge is -2.18. The van der Waals surface area contributed by atoms with Crippen LogP contribution in [0, 0.1) is 0 Å². The Balaban J connectivity index is 1.78. The van der Waals surface area contributed by atoms with Crippen LogP contribution in [0.15, 0.2) is 35.4 Å². The minimum absolute atomic E-state index is 0.121. The van der Waals surface area contributed by atoms with Gasteiger partial charge in [0.1, 0.15) is 13.2 Å². The molecule has 0 aromatic heterocycles. The molecular formula is C17H22N2O4. The maximum Gasteiger partial charge on any atom is 0.327 e. The number of hydrogen-bond acceptors (Lipinski definition) is 6. The minimum atomic E-state index is -0.307. The van der Waals surface area contributed by atoms with E-state index in [0.29, 0.717) is 12.8 Å². The van der Waals surface area contributed by atoms with E-state index in [1.165, 1.54) is 7.11 Å². The summed E-state index contributed by atoms with van der Waals surface area (Å²) in [6, 6.07) is 9.69. The molecule has 1 atom stereocenters. The van der Waals surface area contributed by atoms with Gasteiger partial charge in [-0.25, -0.2) is 0 Å². The molecule has 6 heteroatoms. The molecule has 124 valence electrons. The first-order valence-corrected chi connectivity index (χ1v) is 7.68. The summed E-state index contributed by atoms with van der Waals surface area (Å²) in [4.78, 5) is 23.1. The second-order valence-corrected chi connectivity index (χ2v) is 5.54. The van der Waals surface area contributed by atoms with Crippen LogP contribution in [-0.4, -0.2) is 42.4 Å². The lowest BCUT2D eigenvalue weighted by molar-refractivity contribution is -0.146. The first kappa shape index (κ1) is 17.0. The highest BCUT2D eigenvalue weighted by Crippen LogP contribution is 2.17. The molecule has 0 fully saturated rings. The van der Waals surface area contributed by atoms with Crippen LogP contribution in [0.1, 0.15) is 31.7 Å². The third-order valence-electron chi connectivity index (χ3n) is 3.69. The third-order valence-corrected chi connectivity index (χ3v) is 3.69. The number of nitrogens with zero attached hydrogens (tertiary/aromatic N) is 2. The Morgan fingerprint density at radius 1 is 1.26 bits per heavy atom. The van der Waals surface area contributed by atoms with Crippen molar-refractivity contribution in [1.29, 1.82) is 0 Å². The number of ether oxygens (including phenoxy) is 2. The van der Waals surface area contributed by atoms with Gasteiger partial charge in [-0.2, -0.15) is 5.10 Å². The molecule has 0 spiro atoms. The molecule has 0 aliphatic carbocycles. The molecule has 0 saturated heterocycles. The number of esters is 2. The number of hydrazone groups is 1. The largest absolute Gasteiger partial charge is 0.469 e. The molecule has 6 nitrogen and oxygen atoms in total. The van der Waals surface area contributed by atoms with Crippen molar-refractivity contribution in [3.05, 3.63) is 35.9 Å². The standard InChI is InChI=1S/C17H22N2O4/c1-13-10-15(8-9-16(20)22-2)18-19(13)11-17(21)23-12-14-6-4-3-5-7-14/h3-7,13H,8-12H2,1-2H3. The molecule has 2 rings (SSSR count). The summed E-state index contributed by atoms with van der Waals surface area (Å²) >= 11 is 0. The second-order valence-electron chi connectivity index (χ2n) is 5.54. The molecule has 0 amide bonds. The van der Waals surface area contributed by atoms with Gasteiger partial charge < -0.3 is 9.47 Å². The van der Waals surface area contributed by atoms with Crippen LogP contribution in [0.25, 0.3) is 0 Å². The van der Waals surface area contributed by atoms with E-state index in [4.69, 9.17) is 4.74 Å². The third kappa shape index (κ3) is 5.39. The molecule has 1 aliphatic rings. The Morgan fingerprint density at radius 2 is 2.00 bits per heavy atom.